The van der Waals surface area contributed by atoms with Gasteiger partial charge in [0, 0.05) is 48.4 Å². The number of fused-ring (bicyclic) bond motifs is 4. The van der Waals surface area contributed by atoms with Gasteiger partial charge in [-0.3, -0.25) is 14.5 Å². The number of halogens is 1. The van der Waals surface area contributed by atoms with Gasteiger partial charge in [-0.1, -0.05) is 17.9 Å². The Bertz CT molecular complexity index is 1830. The molecular weight excluding hydrogens is 483 g/mol. The lowest BCUT2D eigenvalue weighted by atomic mass is 10.0. The summed E-state index contributed by atoms with van der Waals surface area (Å²) in [6.45, 7) is 2.17. The predicted molar refractivity (Wildman–Crippen MR) is 142 cm³/mol. The van der Waals surface area contributed by atoms with Crippen molar-refractivity contribution in [2.75, 3.05) is 19.4 Å². The lowest BCUT2D eigenvalue weighted by Crippen LogP contribution is -2.32. The number of pyridine rings is 2. The topological polar surface area (TPSA) is 99.2 Å². The third kappa shape index (κ3) is 3.78. The number of amides is 1. The number of benzene rings is 2. The minimum absolute atomic E-state index is 0.0585. The number of nitrogen functional groups attached to an aromatic ring is 1. The summed E-state index contributed by atoms with van der Waals surface area (Å²) in [6.07, 6.45) is 3.34. The summed E-state index contributed by atoms with van der Waals surface area (Å²) in [7, 11) is 3.41. The van der Waals surface area contributed by atoms with Gasteiger partial charge in [0.25, 0.3) is 5.91 Å². The third-order valence-electron chi connectivity index (χ3n) is 6.93. The van der Waals surface area contributed by atoms with Gasteiger partial charge in [0.1, 0.15) is 24.0 Å². The van der Waals surface area contributed by atoms with Gasteiger partial charge in [0.15, 0.2) is 0 Å². The van der Waals surface area contributed by atoms with Gasteiger partial charge in [-0.25, -0.2) is 9.37 Å². The average molecular weight is 507 g/mol. The van der Waals surface area contributed by atoms with Gasteiger partial charge < -0.3 is 15.4 Å². The van der Waals surface area contributed by atoms with E-state index in [0.717, 1.165) is 22.4 Å². The van der Waals surface area contributed by atoms with E-state index in [-0.39, 0.29) is 24.0 Å². The fourth-order valence-electron chi connectivity index (χ4n) is 4.82. The minimum atomic E-state index is -0.668. The number of nitrogens with zero attached hydrogens (tertiary/aromatic N) is 5. The highest BCUT2D eigenvalue weighted by molar-refractivity contribution is 6.10. The largest absolute Gasteiger partial charge is 0.491 e. The number of carbonyl (C=O) groups is 1. The van der Waals surface area contributed by atoms with Crippen molar-refractivity contribution in [3.8, 4) is 17.6 Å². The Morgan fingerprint density at radius 1 is 1.21 bits per heavy atom. The van der Waals surface area contributed by atoms with Gasteiger partial charge in [0.05, 0.1) is 39.9 Å². The van der Waals surface area contributed by atoms with E-state index in [1.807, 2.05) is 37.3 Å². The molecule has 0 bridgehead atoms. The number of carbonyl (C=O) groups excluding carboxylic acids is 1. The van der Waals surface area contributed by atoms with Gasteiger partial charge in [-0.15, -0.1) is 0 Å². The first-order chi connectivity index (χ1) is 18.3. The van der Waals surface area contributed by atoms with Gasteiger partial charge in [-0.2, -0.15) is 5.10 Å². The highest BCUT2D eigenvalue weighted by Gasteiger charge is 2.32. The molecule has 0 spiro atoms. The Labute approximate surface area is 217 Å². The van der Waals surface area contributed by atoms with Crippen molar-refractivity contribution in [2.45, 2.75) is 13.0 Å². The van der Waals surface area contributed by atoms with E-state index >= 15 is 4.39 Å². The van der Waals surface area contributed by atoms with Crippen LogP contribution >= 0.6 is 0 Å². The second-order valence-electron chi connectivity index (χ2n) is 9.26. The number of nitrogens with two attached hydrogens (primary N) is 1. The van der Waals surface area contributed by atoms with Crippen LogP contribution in [-0.4, -0.2) is 44.2 Å². The van der Waals surface area contributed by atoms with E-state index in [1.165, 1.54) is 17.0 Å². The summed E-state index contributed by atoms with van der Waals surface area (Å²) in [5, 5.41) is 5.49. The molecular formula is C29H23FN6O2. The number of hydrogen-bond acceptors (Lipinski definition) is 6. The molecule has 1 atom stereocenters. The predicted octanol–water partition coefficient (Wildman–Crippen LogP) is 4.15. The van der Waals surface area contributed by atoms with E-state index in [1.54, 1.807) is 31.2 Å². The summed E-state index contributed by atoms with van der Waals surface area (Å²) in [4.78, 5) is 23.6. The molecule has 0 aliphatic carbocycles. The van der Waals surface area contributed by atoms with Crippen LogP contribution in [0.4, 0.5) is 10.2 Å². The van der Waals surface area contributed by atoms with Gasteiger partial charge >= 0.3 is 0 Å². The standard InChI is InChI=1S/C29H23FN6O2/c1-16-18(5-4-10-32-16)8-6-17-7-9-19-25(15-38-26(19)11-17)35(2)29(37)20-12-21-24(13-23(20)30)34-28(31)22-14-33-36(3)27(21)22/h4-5,7,9-14,25H,15H2,1-3H3,(H2,31,34)/t25-/m1/s1. The van der Waals surface area contributed by atoms with Crippen LogP contribution in [0.5, 0.6) is 5.75 Å². The smallest absolute Gasteiger partial charge is 0.257 e. The average Bonchev–Trinajstić information content (AvgIpc) is 3.51. The Kier molecular flexibility index (Phi) is 5.46. The zero-order valence-electron chi connectivity index (χ0n) is 21.0. The van der Waals surface area contributed by atoms with E-state index in [0.29, 0.717) is 27.6 Å². The monoisotopic (exact) mass is 506 g/mol. The number of hydrogen-bond donors (Lipinski definition) is 1. The molecule has 5 aromatic rings. The maximum atomic E-state index is 15.2. The number of aromatic nitrogens is 4. The molecule has 2 aromatic carbocycles. The maximum Gasteiger partial charge on any atom is 0.257 e. The second-order valence-corrected chi connectivity index (χ2v) is 9.26. The number of aryl methyl sites for hydroxylation is 2. The van der Waals surface area contributed by atoms with Crippen LogP contribution in [0.1, 0.15) is 38.8 Å². The van der Waals surface area contributed by atoms with Crippen LogP contribution in [0, 0.1) is 24.6 Å². The van der Waals surface area contributed by atoms with Crippen molar-refractivity contribution < 1.29 is 13.9 Å². The van der Waals surface area contributed by atoms with Crippen LogP contribution < -0.4 is 10.5 Å². The van der Waals surface area contributed by atoms with E-state index in [2.05, 4.69) is 26.9 Å². The van der Waals surface area contributed by atoms with Crippen molar-refractivity contribution in [1.29, 1.82) is 0 Å². The molecule has 2 N–H and O–H groups in total. The second kappa shape index (κ2) is 8.85. The third-order valence-corrected chi connectivity index (χ3v) is 6.93. The highest BCUT2D eigenvalue weighted by atomic mass is 19.1. The summed E-state index contributed by atoms with van der Waals surface area (Å²) in [6, 6.07) is 11.8. The normalized spacial score (nSPS) is 14.2. The molecule has 0 saturated heterocycles. The molecule has 0 fully saturated rings. The van der Waals surface area contributed by atoms with Crippen molar-refractivity contribution >= 4 is 33.5 Å². The molecule has 1 aliphatic rings. The Morgan fingerprint density at radius 3 is 2.87 bits per heavy atom. The molecule has 4 heterocycles. The molecule has 6 rings (SSSR count). The van der Waals surface area contributed by atoms with Crippen molar-refractivity contribution in [2.24, 2.45) is 7.05 Å². The highest BCUT2D eigenvalue weighted by Crippen LogP contribution is 2.37. The zero-order valence-corrected chi connectivity index (χ0v) is 21.0. The fraction of sp³-hybridized carbons (Fsp3) is 0.172. The summed E-state index contributed by atoms with van der Waals surface area (Å²) in [5.41, 5.74) is 10.4. The quantitative estimate of drug-likeness (QED) is 0.361. The number of ether oxygens (including phenoxy) is 1. The Balaban J connectivity index is 1.31. The molecule has 9 heteroatoms. The summed E-state index contributed by atoms with van der Waals surface area (Å²) in [5.74, 6) is 6.07. The fourth-order valence-corrected chi connectivity index (χ4v) is 4.82. The maximum absolute atomic E-state index is 15.2. The molecule has 188 valence electrons. The molecule has 38 heavy (non-hydrogen) atoms. The lowest BCUT2D eigenvalue weighted by Gasteiger charge is -2.24. The lowest BCUT2D eigenvalue weighted by molar-refractivity contribution is 0.0704. The first-order valence-electron chi connectivity index (χ1n) is 12.0. The van der Waals surface area contributed by atoms with Crippen LogP contribution in [0.15, 0.2) is 54.9 Å². The molecule has 3 aromatic heterocycles. The molecule has 0 saturated carbocycles. The number of anilines is 1. The zero-order chi connectivity index (χ0) is 26.6. The van der Waals surface area contributed by atoms with Gasteiger partial charge in [0.2, 0.25) is 0 Å². The van der Waals surface area contributed by atoms with E-state index < -0.39 is 11.7 Å². The Morgan fingerprint density at radius 2 is 2.05 bits per heavy atom. The van der Waals surface area contributed by atoms with Crippen LogP contribution in [0.25, 0.3) is 21.8 Å². The first kappa shape index (κ1) is 23.4. The SMILES string of the molecule is Cc1ncccc1C#Cc1ccc2c(c1)OC[C@H]2N(C)C(=O)c1cc2c(cc1F)nc(N)c1cnn(C)c12. The van der Waals surface area contributed by atoms with Gasteiger partial charge in [-0.05, 0) is 37.3 Å². The molecule has 1 aliphatic heterocycles. The molecule has 0 unspecified atom stereocenters. The van der Waals surface area contributed by atoms with E-state index in [9.17, 15) is 4.79 Å². The molecule has 0 radical (unpaired) electrons. The van der Waals surface area contributed by atoms with E-state index in [4.69, 9.17) is 10.5 Å². The van der Waals surface area contributed by atoms with Crippen LogP contribution in [-0.2, 0) is 7.05 Å². The number of likely N-dealkylation sites (N-methyl/N-ethyl adjacent to an activating group) is 1. The van der Waals surface area contributed by atoms with Crippen LogP contribution in [0.3, 0.4) is 0 Å². The summed E-state index contributed by atoms with van der Waals surface area (Å²) >= 11 is 0. The molecule has 8 nitrogen and oxygen atoms in total. The number of rotatable bonds is 2. The van der Waals surface area contributed by atoms with Crippen molar-refractivity contribution in [1.82, 2.24) is 24.6 Å². The van der Waals surface area contributed by atoms with Crippen molar-refractivity contribution in [3.05, 3.63) is 88.6 Å². The minimum Gasteiger partial charge on any atom is -0.491 e. The first-order valence-corrected chi connectivity index (χ1v) is 12.0. The summed E-state index contributed by atoms with van der Waals surface area (Å²) < 4.78 is 22.7. The van der Waals surface area contributed by atoms with Crippen LogP contribution in [0.2, 0.25) is 0 Å². The Hall–Kier alpha value is -4.97. The molecule has 1 amide bonds. The van der Waals surface area contributed by atoms with Crippen molar-refractivity contribution in [3.63, 3.8) is 0 Å².